The van der Waals surface area contributed by atoms with Gasteiger partial charge in [-0.05, 0) is 30.9 Å². The van der Waals surface area contributed by atoms with Gasteiger partial charge in [0.1, 0.15) is 0 Å². The summed E-state index contributed by atoms with van der Waals surface area (Å²) in [6.07, 6.45) is 2.24. The van der Waals surface area contributed by atoms with E-state index < -0.39 is 0 Å². The van der Waals surface area contributed by atoms with E-state index in [4.69, 9.17) is 34.8 Å². The fourth-order valence-corrected chi connectivity index (χ4v) is 2.82. The van der Waals surface area contributed by atoms with Crippen LogP contribution in [0, 0.1) is 11.8 Å². The van der Waals surface area contributed by atoms with E-state index in [0.717, 1.165) is 12.8 Å². The Hall–Kier alpha value is -0.240. The molecule has 1 atom stereocenters. The van der Waals surface area contributed by atoms with Crippen LogP contribution in [0.25, 0.3) is 0 Å². The lowest BCUT2D eigenvalue weighted by Gasteiger charge is -2.12. The minimum atomic E-state index is -0.00354. The van der Waals surface area contributed by atoms with Crippen molar-refractivity contribution in [2.24, 2.45) is 11.8 Å². The highest BCUT2D eigenvalue weighted by molar-refractivity contribution is 6.42. The molecular weight excluding hydrogens is 266 g/mol. The second-order valence-corrected chi connectivity index (χ2v) is 5.49. The molecule has 1 aliphatic rings. The van der Waals surface area contributed by atoms with Crippen LogP contribution in [0.2, 0.25) is 15.1 Å². The van der Waals surface area contributed by atoms with E-state index in [-0.39, 0.29) is 11.7 Å². The lowest BCUT2D eigenvalue weighted by Crippen LogP contribution is -2.14. The van der Waals surface area contributed by atoms with Crippen LogP contribution in [-0.4, -0.2) is 5.78 Å². The SMILES string of the molecule is CC(C(=O)c1c(Cl)cc(Cl)cc1Cl)C1CC1. The van der Waals surface area contributed by atoms with Gasteiger partial charge in [0, 0.05) is 10.9 Å². The summed E-state index contributed by atoms with van der Waals surface area (Å²) in [4.78, 5) is 12.2. The van der Waals surface area contributed by atoms with Crippen molar-refractivity contribution in [2.75, 3.05) is 0 Å². The molecule has 4 heteroatoms. The summed E-state index contributed by atoms with van der Waals surface area (Å²) >= 11 is 17.8. The van der Waals surface area contributed by atoms with Crippen molar-refractivity contribution in [2.45, 2.75) is 19.8 Å². The molecule has 1 unspecified atom stereocenters. The van der Waals surface area contributed by atoms with Crippen molar-refractivity contribution < 1.29 is 4.79 Å². The number of hydrogen-bond donors (Lipinski definition) is 0. The highest BCUT2D eigenvalue weighted by Crippen LogP contribution is 2.40. The van der Waals surface area contributed by atoms with Crippen LogP contribution in [0.4, 0.5) is 0 Å². The van der Waals surface area contributed by atoms with Gasteiger partial charge >= 0.3 is 0 Å². The van der Waals surface area contributed by atoms with Crippen molar-refractivity contribution in [3.63, 3.8) is 0 Å². The second kappa shape index (κ2) is 4.56. The van der Waals surface area contributed by atoms with Crippen molar-refractivity contribution in [1.82, 2.24) is 0 Å². The molecule has 0 radical (unpaired) electrons. The minimum absolute atomic E-state index is 0.00354. The lowest BCUT2D eigenvalue weighted by atomic mass is 9.95. The number of rotatable bonds is 3. The van der Waals surface area contributed by atoms with Crippen molar-refractivity contribution in [1.29, 1.82) is 0 Å². The maximum atomic E-state index is 12.2. The number of ketones is 1. The Bertz CT molecular complexity index is 415. The number of carbonyl (C=O) groups is 1. The first kappa shape index (κ1) is 12.2. The molecule has 0 N–H and O–H groups in total. The summed E-state index contributed by atoms with van der Waals surface area (Å²) in [6, 6.07) is 3.11. The van der Waals surface area contributed by atoms with Gasteiger partial charge in [0.25, 0.3) is 0 Å². The van der Waals surface area contributed by atoms with Gasteiger partial charge in [0.15, 0.2) is 5.78 Å². The molecule has 0 aromatic heterocycles. The fourth-order valence-electron chi connectivity index (χ4n) is 1.82. The minimum Gasteiger partial charge on any atom is -0.294 e. The average molecular weight is 278 g/mol. The van der Waals surface area contributed by atoms with E-state index in [1.54, 1.807) is 12.1 Å². The van der Waals surface area contributed by atoms with E-state index in [0.29, 0.717) is 26.5 Å². The number of benzene rings is 1. The third-order valence-electron chi connectivity index (χ3n) is 3.00. The average Bonchev–Trinajstić information content (AvgIpc) is 2.97. The normalized spacial score (nSPS) is 17.2. The molecule has 1 fully saturated rings. The highest BCUT2D eigenvalue weighted by Gasteiger charge is 2.34. The number of carbonyl (C=O) groups excluding carboxylic acids is 1. The Morgan fingerprint density at radius 3 is 2.19 bits per heavy atom. The summed E-state index contributed by atoms with van der Waals surface area (Å²) in [6.45, 7) is 1.93. The zero-order valence-electron chi connectivity index (χ0n) is 8.77. The van der Waals surface area contributed by atoms with Crippen LogP contribution < -0.4 is 0 Å². The largest absolute Gasteiger partial charge is 0.294 e. The van der Waals surface area contributed by atoms with Crippen molar-refractivity contribution in [3.05, 3.63) is 32.8 Å². The summed E-state index contributed by atoms with van der Waals surface area (Å²) in [5.41, 5.74) is 0.409. The Balaban J connectivity index is 2.35. The van der Waals surface area contributed by atoms with Crippen LogP contribution in [0.5, 0.6) is 0 Å². The van der Waals surface area contributed by atoms with Crippen molar-refractivity contribution >= 4 is 40.6 Å². The topological polar surface area (TPSA) is 17.1 Å². The standard InChI is InChI=1S/C12H11Cl3O/c1-6(7-2-3-7)12(16)11-9(14)4-8(13)5-10(11)15/h4-7H,2-3H2,1H3. The van der Waals surface area contributed by atoms with Gasteiger partial charge in [0.05, 0.1) is 15.6 Å². The van der Waals surface area contributed by atoms with E-state index in [1.165, 1.54) is 0 Å². The maximum Gasteiger partial charge on any atom is 0.168 e. The maximum absolute atomic E-state index is 12.2. The molecule has 1 aromatic rings. The molecule has 1 aliphatic carbocycles. The van der Waals surface area contributed by atoms with Gasteiger partial charge < -0.3 is 0 Å². The first-order valence-electron chi connectivity index (χ1n) is 5.19. The second-order valence-electron chi connectivity index (χ2n) is 4.23. The molecule has 0 saturated heterocycles. The van der Waals surface area contributed by atoms with Crippen molar-refractivity contribution in [3.8, 4) is 0 Å². The van der Waals surface area contributed by atoms with E-state index in [9.17, 15) is 4.79 Å². The van der Waals surface area contributed by atoms with Gasteiger partial charge in [-0.1, -0.05) is 41.7 Å². The van der Waals surface area contributed by atoms with Crippen LogP contribution in [0.1, 0.15) is 30.1 Å². The zero-order valence-corrected chi connectivity index (χ0v) is 11.0. The first-order chi connectivity index (χ1) is 7.50. The van der Waals surface area contributed by atoms with Crippen LogP contribution >= 0.6 is 34.8 Å². The summed E-state index contributed by atoms with van der Waals surface area (Å²) < 4.78 is 0. The summed E-state index contributed by atoms with van der Waals surface area (Å²) in [7, 11) is 0. The molecular formula is C12H11Cl3O. The van der Waals surface area contributed by atoms with Gasteiger partial charge in [-0.2, -0.15) is 0 Å². The van der Waals surface area contributed by atoms with E-state index in [2.05, 4.69) is 0 Å². The first-order valence-corrected chi connectivity index (χ1v) is 6.33. The van der Waals surface area contributed by atoms with Gasteiger partial charge in [-0.15, -0.1) is 0 Å². The quantitative estimate of drug-likeness (QED) is 0.720. The third kappa shape index (κ3) is 2.37. The number of hydrogen-bond acceptors (Lipinski definition) is 1. The Morgan fingerprint density at radius 1 is 1.25 bits per heavy atom. The molecule has 0 amide bonds. The molecule has 86 valence electrons. The Kier molecular flexibility index (Phi) is 3.48. The molecule has 0 heterocycles. The predicted molar refractivity (Wildman–Crippen MR) is 67.7 cm³/mol. The molecule has 16 heavy (non-hydrogen) atoms. The van der Waals surface area contributed by atoms with Gasteiger partial charge in [-0.3, -0.25) is 4.79 Å². The number of Topliss-reactive ketones (excluding diaryl/α,β-unsaturated/α-hetero) is 1. The molecule has 0 bridgehead atoms. The molecule has 2 rings (SSSR count). The summed E-state index contributed by atoms with van der Waals surface area (Å²) in [5.74, 6) is 0.514. The Morgan fingerprint density at radius 2 is 1.75 bits per heavy atom. The van der Waals surface area contributed by atoms with Crippen LogP contribution in [0.15, 0.2) is 12.1 Å². The van der Waals surface area contributed by atoms with Gasteiger partial charge in [-0.25, -0.2) is 0 Å². The Labute approximate surface area is 110 Å². The number of halogens is 3. The molecule has 0 spiro atoms. The molecule has 1 saturated carbocycles. The monoisotopic (exact) mass is 276 g/mol. The molecule has 0 aliphatic heterocycles. The molecule has 1 nitrogen and oxygen atoms in total. The highest BCUT2D eigenvalue weighted by atomic mass is 35.5. The van der Waals surface area contributed by atoms with Crippen LogP contribution in [-0.2, 0) is 0 Å². The van der Waals surface area contributed by atoms with E-state index >= 15 is 0 Å². The fraction of sp³-hybridized carbons (Fsp3) is 0.417. The summed E-state index contributed by atoms with van der Waals surface area (Å²) in [5, 5.41) is 1.13. The van der Waals surface area contributed by atoms with E-state index in [1.807, 2.05) is 6.92 Å². The lowest BCUT2D eigenvalue weighted by molar-refractivity contribution is 0.0916. The smallest absolute Gasteiger partial charge is 0.168 e. The zero-order chi connectivity index (χ0) is 11.9. The van der Waals surface area contributed by atoms with Gasteiger partial charge in [0.2, 0.25) is 0 Å². The predicted octanol–water partition coefficient (Wildman–Crippen LogP) is 4.88. The third-order valence-corrected chi connectivity index (χ3v) is 3.81. The van der Waals surface area contributed by atoms with Crippen LogP contribution in [0.3, 0.4) is 0 Å². The molecule has 1 aromatic carbocycles.